The highest BCUT2D eigenvalue weighted by Crippen LogP contribution is 2.44. The Morgan fingerprint density at radius 1 is 0.860 bits per heavy atom. The smallest absolute Gasteiger partial charge is 0.354 e. The number of amides is 2. The number of carboxylic acids is 2. The number of halogens is 1. The van der Waals surface area contributed by atoms with E-state index in [0.717, 1.165) is 5.01 Å². The van der Waals surface area contributed by atoms with Crippen molar-refractivity contribution < 1.29 is 29.4 Å². The molecule has 0 fully saturated rings. The molecule has 13 nitrogen and oxygen atoms in total. The van der Waals surface area contributed by atoms with Crippen molar-refractivity contribution in [3.63, 3.8) is 0 Å². The lowest BCUT2D eigenvalue weighted by Crippen LogP contribution is -2.56. The van der Waals surface area contributed by atoms with Crippen LogP contribution in [-0.2, 0) is 9.59 Å². The van der Waals surface area contributed by atoms with E-state index in [1.165, 1.54) is 0 Å². The minimum atomic E-state index is -1.78. The van der Waals surface area contributed by atoms with Crippen molar-refractivity contribution in [3.8, 4) is 0 Å². The van der Waals surface area contributed by atoms with Gasteiger partial charge < -0.3 is 27.0 Å². The molecule has 7 rings (SSSR count). The maximum absolute atomic E-state index is 13.8. The normalized spacial score (nSPS) is 17.0. The van der Waals surface area contributed by atoms with Crippen LogP contribution in [0, 0.1) is 13.8 Å². The van der Waals surface area contributed by atoms with Gasteiger partial charge in [-0.2, -0.15) is 0 Å². The summed E-state index contributed by atoms with van der Waals surface area (Å²) in [6.45, 7) is 3.20. The molecular formula is C29H22ClN7O6. The number of nitrogens with two attached hydrogens (primary N) is 2. The van der Waals surface area contributed by atoms with E-state index in [-0.39, 0.29) is 57.4 Å². The summed E-state index contributed by atoms with van der Waals surface area (Å²) in [5.74, 6) is -4.59. The summed E-state index contributed by atoms with van der Waals surface area (Å²) >= 11 is 0. The molecule has 14 heteroatoms. The molecule has 2 amide bonds. The van der Waals surface area contributed by atoms with Gasteiger partial charge in [0.25, 0.3) is 11.8 Å². The molecule has 0 saturated heterocycles. The van der Waals surface area contributed by atoms with Crippen molar-refractivity contribution in [2.24, 2.45) is 0 Å². The number of aryl methyl sites for hydroxylation is 2. The maximum atomic E-state index is 13.8. The molecule has 2 aromatic carbocycles. The van der Waals surface area contributed by atoms with E-state index in [9.17, 15) is 29.4 Å². The lowest BCUT2D eigenvalue weighted by Gasteiger charge is -2.40. The van der Waals surface area contributed by atoms with Gasteiger partial charge in [-0.25, -0.2) is 9.59 Å². The highest BCUT2D eigenvalue weighted by Gasteiger charge is 2.46. The molecule has 216 valence electrons. The Morgan fingerprint density at radius 3 is 1.95 bits per heavy atom. The van der Waals surface area contributed by atoms with Crippen LogP contribution in [0.4, 0.5) is 11.4 Å². The van der Waals surface area contributed by atoms with Crippen LogP contribution in [0.25, 0.3) is 33.0 Å². The van der Waals surface area contributed by atoms with Crippen LogP contribution in [0.5, 0.6) is 0 Å². The van der Waals surface area contributed by atoms with Gasteiger partial charge in [-0.05, 0) is 49.2 Å². The first-order valence-corrected chi connectivity index (χ1v) is 12.7. The van der Waals surface area contributed by atoms with Gasteiger partial charge in [-0.15, -0.1) is 12.4 Å². The first kappa shape index (κ1) is 27.5. The van der Waals surface area contributed by atoms with Crippen molar-refractivity contribution in [1.29, 1.82) is 0 Å². The van der Waals surface area contributed by atoms with Gasteiger partial charge in [0.1, 0.15) is 0 Å². The van der Waals surface area contributed by atoms with E-state index < -0.39 is 35.5 Å². The molecule has 5 heterocycles. The number of fused-ring (bicyclic) bond motifs is 9. The largest absolute Gasteiger partial charge is 0.479 e. The second-order valence-electron chi connectivity index (χ2n) is 10.3. The summed E-state index contributed by atoms with van der Waals surface area (Å²) in [6.07, 6.45) is 0. The molecule has 8 bridgehead atoms. The molecule has 0 aliphatic carbocycles. The number of hydrogen-bond acceptors (Lipinski definition) is 9. The number of carbonyl (C=O) groups is 4. The molecule has 1 unspecified atom stereocenters. The number of nitrogen functional groups attached to an aromatic ring is 2. The predicted molar refractivity (Wildman–Crippen MR) is 159 cm³/mol. The number of anilines is 2. The molecule has 3 aliphatic heterocycles. The minimum absolute atomic E-state index is 0. The monoisotopic (exact) mass is 599 g/mol. The molecule has 8 N–H and O–H groups in total. The third kappa shape index (κ3) is 3.64. The van der Waals surface area contributed by atoms with Crippen LogP contribution in [0.2, 0.25) is 0 Å². The lowest BCUT2D eigenvalue weighted by molar-refractivity contribution is -0.142. The average Bonchev–Trinajstić information content (AvgIpc) is 2.92. The van der Waals surface area contributed by atoms with Crippen LogP contribution in [0.3, 0.4) is 0 Å². The van der Waals surface area contributed by atoms with E-state index >= 15 is 0 Å². The minimum Gasteiger partial charge on any atom is -0.479 e. The number of allylic oxidation sites excluding steroid dienone is 1. The number of aliphatic carboxylic acids is 2. The Bertz CT molecular complexity index is 2100. The molecule has 4 aromatic rings. The number of hydrogen-bond donors (Lipinski definition) is 6. The van der Waals surface area contributed by atoms with E-state index in [2.05, 4.69) is 20.7 Å². The predicted octanol–water partition coefficient (Wildman–Crippen LogP) is 2.36. The number of hydrazine groups is 1. The summed E-state index contributed by atoms with van der Waals surface area (Å²) < 4.78 is 0. The maximum Gasteiger partial charge on any atom is 0.354 e. The molecule has 0 radical (unpaired) electrons. The number of nitrogens with one attached hydrogen (secondary N) is 2. The molecule has 3 aliphatic rings. The SMILES string of the molecule is Cc1nc2ccc3cc2c(N)c1C(=O)NC1=C2c4ccc5nc(C)c(c(N)c5c4)C(=O)NN(C(C(=O)O)=C13)C2C(=O)O.Cl. The van der Waals surface area contributed by atoms with Crippen molar-refractivity contribution >= 4 is 80.5 Å². The summed E-state index contributed by atoms with van der Waals surface area (Å²) in [5, 5.41) is 25.5. The molecule has 43 heavy (non-hydrogen) atoms. The second-order valence-corrected chi connectivity index (χ2v) is 10.3. The van der Waals surface area contributed by atoms with Crippen molar-refractivity contribution in [3.05, 3.63) is 81.4 Å². The lowest BCUT2D eigenvalue weighted by atomic mass is 9.84. The fourth-order valence-corrected chi connectivity index (χ4v) is 6.11. The molecule has 0 spiro atoms. The van der Waals surface area contributed by atoms with Gasteiger partial charge in [-0.3, -0.25) is 30.0 Å². The molecule has 2 aromatic heterocycles. The summed E-state index contributed by atoms with van der Waals surface area (Å²) in [5.41, 5.74) is 17.1. The van der Waals surface area contributed by atoms with Crippen molar-refractivity contribution in [1.82, 2.24) is 25.7 Å². The molecular weight excluding hydrogens is 578 g/mol. The zero-order valence-corrected chi connectivity index (χ0v) is 23.3. The number of aromatic nitrogens is 2. The number of nitrogens with zero attached hydrogens (tertiary/aromatic N) is 3. The standard InChI is InChI=1S/C29H21N7O6.ClH/c1-9-17-21(30)13-7-11(3-5-15(13)32-9)19-23(34-26(17)37)20-12-4-6-16-14(8-12)22(31)18(10(2)33-16)27(38)35-36(24(19)28(39)40)25(20)29(41)42;/h3-8,25H,1-2H3,(H2,30,32)(H2,31,33)(H,34,37)(H,35,38)(H,39,40)(H,41,42);1H. The summed E-state index contributed by atoms with van der Waals surface area (Å²) in [4.78, 5) is 62.5. The quantitative estimate of drug-likeness (QED) is 0.197. The van der Waals surface area contributed by atoms with Crippen LogP contribution in [0.15, 0.2) is 47.8 Å². The number of carbonyl (C=O) groups excluding carboxylic acids is 2. The summed E-state index contributed by atoms with van der Waals surface area (Å²) in [6, 6.07) is 7.89. The fraction of sp³-hybridized carbons (Fsp3) is 0.103. The second kappa shape index (κ2) is 9.16. The third-order valence-electron chi connectivity index (χ3n) is 7.89. The van der Waals surface area contributed by atoms with Crippen molar-refractivity contribution in [2.45, 2.75) is 19.9 Å². The summed E-state index contributed by atoms with van der Waals surface area (Å²) in [7, 11) is 0. The Labute approximate surface area is 248 Å². The van der Waals surface area contributed by atoms with Crippen LogP contribution in [-0.4, -0.2) is 55.0 Å². The topological polar surface area (TPSA) is 214 Å². The average molecular weight is 600 g/mol. The Balaban J connectivity index is 0.00000329. The molecule has 1 atom stereocenters. The van der Waals surface area contributed by atoms with E-state index in [1.54, 1.807) is 50.2 Å². The Morgan fingerprint density at radius 2 is 1.40 bits per heavy atom. The third-order valence-corrected chi connectivity index (χ3v) is 7.89. The number of carboxylic acid groups (broad SMARTS) is 2. The van der Waals surface area contributed by atoms with Gasteiger partial charge in [0.2, 0.25) is 0 Å². The van der Waals surface area contributed by atoms with Gasteiger partial charge in [0.15, 0.2) is 11.7 Å². The van der Waals surface area contributed by atoms with Crippen LogP contribution >= 0.6 is 12.4 Å². The highest BCUT2D eigenvalue weighted by atomic mass is 35.5. The highest BCUT2D eigenvalue weighted by molar-refractivity contribution is 6.17. The van der Waals surface area contributed by atoms with Gasteiger partial charge in [-0.1, -0.05) is 12.1 Å². The van der Waals surface area contributed by atoms with Crippen LogP contribution in [0.1, 0.15) is 43.2 Å². The zero-order chi connectivity index (χ0) is 29.8. The van der Waals surface area contributed by atoms with E-state index in [4.69, 9.17) is 11.5 Å². The van der Waals surface area contributed by atoms with Gasteiger partial charge >= 0.3 is 11.9 Å². The van der Waals surface area contributed by atoms with Crippen LogP contribution < -0.4 is 22.2 Å². The Hall–Kier alpha value is -5.69. The first-order chi connectivity index (χ1) is 20.0. The number of pyridine rings is 2. The molecule has 0 saturated carbocycles. The Kier molecular flexibility index (Phi) is 5.85. The van der Waals surface area contributed by atoms with E-state index in [1.807, 2.05) is 0 Å². The number of benzene rings is 2. The van der Waals surface area contributed by atoms with Gasteiger partial charge in [0.05, 0.1) is 50.6 Å². The first-order valence-electron chi connectivity index (χ1n) is 12.7. The van der Waals surface area contributed by atoms with E-state index in [0.29, 0.717) is 38.6 Å². The zero-order valence-electron chi connectivity index (χ0n) is 22.5. The van der Waals surface area contributed by atoms with Gasteiger partial charge in [0, 0.05) is 21.9 Å². The number of rotatable bonds is 2. The fourth-order valence-electron chi connectivity index (χ4n) is 6.11. The van der Waals surface area contributed by atoms with Crippen molar-refractivity contribution in [2.75, 3.05) is 11.5 Å².